The number of urea groups is 1. The number of benzene rings is 2. The zero-order valence-corrected chi connectivity index (χ0v) is 31.9. The Morgan fingerprint density at radius 2 is 1.67 bits per heavy atom. The fourth-order valence-corrected chi connectivity index (χ4v) is 8.77. The van der Waals surface area contributed by atoms with Gasteiger partial charge >= 0.3 is 24.3 Å². The quantitative estimate of drug-likeness (QED) is 0.314. The molecule has 6 rings (SSSR count). The number of anilines is 2. The number of alkyl halides is 3. The Hall–Kier alpha value is -4.28. The number of amides is 4. The van der Waals surface area contributed by atoms with Crippen LogP contribution in [-0.4, -0.2) is 137 Å². The maximum absolute atomic E-state index is 14.4. The highest BCUT2D eigenvalue weighted by molar-refractivity contribution is 6.33. The summed E-state index contributed by atoms with van der Waals surface area (Å²) in [6.07, 6.45) is -4.46. The molecule has 55 heavy (non-hydrogen) atoms. The number of piperidine rings is 2. The van der Waals surface area contributed by atoms with E-state index >= 15 is 0 Å². The Morgan fingerprint density at radius 1 is 1.00 bits per heavy atom. The third kappa shape index (κ3) is 8.60. The van der Waals surface area contributed by atoms with Crippen LogP contribution in [-0.2, 0) is 33.3 Å². The van der Waals surface area contributed by atoms with Crippen LogP contribution in [0.15, 0.2) is 36.4 Å². The second-order valence-electron chi connectivity index (χ2n) is 15.0. The van der Waals surface area contributed by atoms with Gasteiger partial charge in [-0.2, -0.15) is 13.2 Å². The molecule has 17 heteroatoms. The van der Waals surface area contributed by atoms with Crippen molar-refractivity contribution >= 4 is 47.0 Å². The molecule has 0 radical (unpaired) electrons. The fraction of sp³-hybridized carbons (Fsp3) is 0.579. The number of ether oxygens (including phenoxy) is 1. The number of nitrogens with zero attached hydrogens (tertiary/aromatic N) is 5. The molecule has 13 nitrogen and oxygen atoms in total. The van der Waals surface area contributed by atoms with E-state index in [4.69, 9.17) is 22.1 Å². The first kappa shape index (κ1) is 40.4. The molecule has 0 bridgehead atoms. The molecule has 3 fully saturated rings. The summed E-state index contributed by atoms with van der Waals surface area (Å²) >= 11 is 6.14. The summed E-state index contributed by atoms with van der Waals surface area (Å²) < 4.78 is 47.7. The number of likely N-dealkylation sites (tertiary alicyclic amines) is 2. The number of carbonyl (C=O) groups excluding carboxylic acids is 3. The van der Waals surface area contributed by atoms with E-state index in [0.717, 1.165) is 43.2 Å². The highest BCUT2D eigenvalue weighted by Crippen LogP contribution is 2.39. The molecule has 4 amide bonds. The summed E-state index contributed by atoms with van der Waals surface area (Å²) in [5, 5.41) is 13.2. The number of aliphatic carboxylic acids is 1. The van der Waals surface area contributed by atoms with Gasteiger partial charge in [0.15, 0.2) is 6.10 Å². The van der Waals surface area contributed by atoms with Gasteiger partial charge in [-0.15, -0.1) is 0 Å². The standard InChI is InChI=1S/C38H49ClF3N7O6/c1-3-37(34(51)52)23-47(18-19-49(37)27-9-13-45(2)14-10-27)33(50)31(22-24-20-28(38(40,41)42)32(43)29(39)21-24)55-36(54)46-15-11-26(12-16-46)48-17-8-25-6-4-5-7-30(25)44-35(48)53/h4-7,20-21,26-27,31H,3,8-19,22-23,43H2,1-2H3,(H,44,53)(H,51,52)/t31-,37+/m1/s1. The molecular formula is C38H49ClF3N7O6. The summed E-state index contributed by atoms with van der Waals surface area (Å²) in [7, 11) is 2.01. The number of rotatable bonds is 8. The minimum atomic E-state index is -4.84. The van der Waals surface area contributed by atoms with Gasteiger partial charge in [-0.05, 0) is 88.0 Å². The lowest BCUT2D eigenvalue weighted by Gasteiger charge is -2.52. The topological polar surface area (TPSA) is 152 Å². The number of carbonyl (C=O) groups is 4. The molecule has 2 aromatic carbocycles. The first-order valence-electron chi connectivity index (χ1n) is 18.8. The second-order valence-corrected chi connectivity index (χ2v) is 15.4. The van der Waals surface area contributed by atoms with Crippen LogP contribution in [0.5, 0.6) is 0 Å². The number of nitrogen functional groups attached to an aromatic ring is 1. The minimum absolute atomic E-state index is 0.00512. The Kier molecular flexibility index (Phi) is 12.1. The molecule has 2 aromatic rings. The third-order valence-corrected chi connectivity index (χ3v) is 12.1. The van der Waals surface area contributed by atoms with Crippen molar-refractivity contribution in [3.05, 3.63) is 58.1 Å². The number of fused-ring (bicyclic) bond motifs is 1. The number of piperazine rings is 1. The van der Waals surface area contributed by atoms with E-state index in [1.165, 1.54) is 15.9 Å². The SMILES string of the molecule is CC[C@@]1(C(=O)O)CN(C(=O)[C@@H](Cc2cc(Cl)c(N)c(C(F)(F)F)c2)OC(=O)N2CCC(N3CCc4ccccc4NC3=O)CC2)CCN1C1CCN(C)CC1. The van der Waals surface area contributed by atoms with Crippen LogP contribution >= 0.6 is 11.6 Å². The normalized spacial score (nSPS) is 22.8. The first-order chi connectivity index (χ1) is 26.1. The summed E-state index contributed by atoms with van der Waals surface area (Å²) in [5.41, 5.74) is 4.17. The molecule has 4 aliphatic heterocycles. The molecule has 0 aromatic heterocycles. The summed E-state index contributed by atoms with van der Waals surface area (Å²) in [6, 6.07) is 9.21. The van der Waals surface area contributed by atoms with E-state index < -0.39 is 53.5 Å². The van der Waals surface area contributed by atoms with Crippen molar-refractivity contribution in [1.29, 1.82) is 0 Å². The molecule has 0 spiro atoms. The number of carboxylic acid groups (broad SMARTS) is 1. The summed E-state index contributed by atoms with van der Waals surface area (Å²) in [6.45, 7) is 4.49. The number of nitrogens with one attached hydrogen (secondary N) is 1. The smallest absolute Gasteiger partial charge is 0.418 e. The lowest BCUT2D eigenvalue weighted by Crippen LogP contribution is -2.70. The van der Waals surface area contributed by atoms with Crippen molar-refractivity contribution in [2.24, 2.45) is 0 Å². The molecule has 4 heterocycles. The van der Waals surface area contributed by atoms with Gasteiger partial charge in [0.05, 0.1) is 16.3 Å². The van der Waals surface area contributed by atoms with Crippen LogP contribution in [0.2, 0.25) is 5.02 Å². The summed E-state index contributed by atoms with van der Waals surface area (Å²) in [4.78, 5) is 63.1. The van der Waals surface area contributed by atoms with Crippen LogP contribution in [0.3, 0.4) is 0 Å². The average Bonchev–Trinajstić information content (AvgIpc) is 3.33. The van der Waals surface area contributed by atoms with Crippen LogP contribution in [0.4, 0.5) is 34.1 Å². The van der Waals surface area contributed by atoms with E-state index in [0.29, 0.717) is 25.8 Å². The lowest BCUT2D eigenvalue weighted by atomic mass is 9.86. The van der Waals surface area contributed by atoms with E-state index in [1.807, 2.05) is 36.2 Å². The van der Waals surface area contributed by atoms with Gasteiger partial charge in [-0.3, -0.25) is 14.5 Å². The van der Waals surface area contributed by atoms with Gasteiger partial charge in [0.25, 0.3) is 5.91 Å². The number of hydrogen-bond donors (Lipinski definition) is 3. The number of para-hydroxylation sites is 1. The first-order valence-corrected chi connectivity index (χ1v) is 19.2. The molecule has 0 aliphatic carbocycles. The minimum Gasteiger partial charge on any atom is -0.480 e. The van der Waals surface area contributed by atoms with E-state index in [9.17, 15) is 37.5 Å². The molecular weight excluding hydrogens is 743 g/mol. The van der Waals surface area contributed by atoms with Crippen molar-refractivity contribution in [2.75, 3.05) is 70.5 Å². The monoisotopic (exact) mass is 791 g/mol. The zero-order valence-electron chi connectivity index (χ0n) is 31.1. The second kappa shape index (κ2) is 16.4. The Bertz CT molecular complexity index is 1770. The van der Waals surface area contributed by atoms with Crippen LogP contribution in [0.25, 0.3) is 0 Å². The van der Waals surface area contributed by atoms with Crippen molar-refractivity contribution < 1.29 is 42.2 Å². The van der Waals surface area contributed by atoms with Crippen LogP contribution < -0.4 is 11.1 Å². The van der Waals surface area contributed by atoms with Crippen LogP contribution in [0, 0.1) is 0 Å². The molecule has 4 aliphatic rings. The molecule has 300 valence electrons. The summed E-state index contributed by atoms with van der Waals surface area (Å²) in [5.74, 6) is -1.79. The Morgan fingerprint density at radius 3 is 2.33 bits per heavy atom. The highest BCUT2D eigenvalue weighted by atomic mass is 35.5. The lowest BCUT2D eigenvalue weighted by molar-refractivity contribution is -0.166. The number of carboxylic acids is 1. The predicted molar refractivity (Wildman–Crippen MR) is 200 cm³/mol. The Balaban J connectivity index is 1.20. The molecule has 3 saturated heterocycles. The van der Waals surface area contributed by atoms with Crippen LogP contribution in [0.1, 0.15) is 55.7 Å². The van der Waals surface area contributed by atoms with Crippen molar-refractivity contribution in [3.8, 4) is 0 Å². The number of halogens is 4. The Labute approximate surface area is 323 Å². The average molecular weight is 792 g/mol. The predicted octanol–water partition coefficient (Wildman–Crippen LogP) is 5.02. The van der Waals surface area contributed by atoms with E-state index in [-0.39, 0.29) is 67.8 Å². The van der Waals surface area contributed by atoms with Gasteiger partial charge in [0, 0.05) is 63.5 Å². The van der Waals surface area contributed by atoms with Crippen molar-refractivity contribution in [2.45, 2.75) is 81.8 Å². The van der Waals surface area contributed by atoms with E-state index in [2.05, 4.69) is 10.2 Å². The maximum atomic E-state index is 14.4. The fourth-order valence-electron chi connectivity index (χ4n) is 8.53. The van der Waals surface area contributed by atoms with Gasteiger partial charge in [-0.1, -0.05) is 36.7 Å². The molecule has 2 atom stereocenters. The van der Waals surface area contributed by atoms with Gasteiger partial charge < -0.3 is 40.5 Å². The number of hydrogen-bond acceptors (Lipinski definition) is 8. The van der Waals surface area contributed by atoms with E-state index in [1.54, 1.807) is 11.8 Å². The zero-order chi connectivity index (χ0) is 39.7. The van der Waals surface area contributed by atoms with Crippen molar-refractivity contribution in [3.63, 3.8) is 0 Å². The third-order valence-electron chi connectivity index (χ3n) is 11.8. The molecule has 0 unspecified atom stereocenters. The van der Waals surface area contributed by atoms with Gasteiger partial charge in [0.2, 0.25) is 0 Å². The highest BCUT2D eigenvalue weighted by Gasteiger charge is 2.51. The number of nitrogens with two attached hydrogens (primary N) is 1. The molecule has 4 N–H and O–H groups in total. The maximum Gasteiger partial charge on any atom is 0.418 e. The van der Waals surface area contributed by atoms with Gasteiger partial charge in [0.1, 0.15) is 5.54 Å². The van der Waals surface area contributed by atoms with Crippen molar-refractivity contribution in [1.82, 2.24) is 24.5 Å². The van der Waals surface area contributed by atoms with Gasteiger partial charge in [-0.25, -0.2) is 9.59 Å². The largest absolute Gasteiger partial charge is 0.480 e. The molecule has 0 saturated carbocycles.